The van der Waals surface area contributed by atoms with E-state index in [2.05, 4.69) is 22.5 Å². The molecule has 1 rings (SSSR count). The Labute approximate surface area is 90.7 Å². The first kappa shape index (κ1) is 11.2. The number of nitrogens with two attached hydrogens (primary N) is 1. The molecule has 0 amide bonds. The molecular weight excluding hydrogens is 249 g/mol. The number of benzene rings is 1. The highest BCUT2D eigenvalue weighted by Gasteiger charge is 2.03. The highest BCUT2D eigenvalue weighted by atomic mass is 79.9. The van der Waals surface area contributed by atoms with E-state index < -0.39 is 5.82 Å². The Morgan fingerprint density at radius 3 is 2.79 bits per heavy atom. The number of hydrogen-bond acceptors (Lipinski definition) is 2. The molecule has 0 aliphatic rings. The van der Waals surface area contributed by atoms with Crippen molar-refractivity contribution in [3.63, 3.8) is 0 Å². The number of hydrogen-bond donors (Lipinski definition) is 1. The van der Waals surface area contributed by atoms with E-state index >= 15 is 0 Å². The Bertz CT molecular complexity index is 341. The maximum absolute atomic E-state index is 13.3. The van der Waals surface area contributed by atoms with Gasteiger partial charge in [-0.3, -0.25) is 0 Å². The van der Waals surface area contributed by atoms with Gasteiger partial charge >= 0.3 is 0 Å². The predicted octanol–water partition coefficient (Wildman–Crippen LogP) is 2.57. The smallest absolute Gasteiger partial charge is 0.165 e. The van der Waals surface area contributed by atoms with Crippen molar-refractivity contribution in [2.45, 2.75) is 6.54 Å². The molecule has 0 heterocycles. The third-order valence-corrected chi connectivity index (χ3v) is 1.85. The molecule has 76 valence electrons. The fourth-order valence-corrected chi connectivity index (χ4v) is 1.06. The van der Waals surface area contributed by atoms with Crippen molar-refractivity contribution in [2.24, 2.45) is 5.73 Å². The molecule has 2 N–H and O–H groups in total. The molecule has 0 aliphatic heterocycles. The zero-order valence-electron chi connectivity index (χ0n) is 7.59. The van der Waals surface area contributed by atoms with Crippen molar-refractivity contribution in [3.8, 4) is 5.75 Å². The van der Waals surface area contributed by atoms with Gasteiger partial charge in [-0.05, 0) is 17.7 Å². The summed E-state index contributed by atoms with van der Waals surface area (Å²) < 4.78 is 19.1. The van der Waals surface area contributed by atoms with E-state index in [9.17, 15) is 4.39 Å². The molecular formula is C10H11BrFNO. The summed E-state index contributed by atoms with van der Waals surface area (Å²) in [4.78, 5) is 0. The summed E-state index contributed by atoms with van der Waals surface area (Å²) in [5, 5.41) is 0. The minimum absolute atomic E-state index is 0.211. The molecule has 0 saturated heterocycles. The lowest BCUT2D eigenvalue weighted by molar-refractivity contribution is 0.339. The van der Waals surface area contributed by atoms with Gasteiger partial charge in [0.05, 0.1) is 0 Å². The molecule has 0 bridgehead atoms. The topological polar surface area (TPSA) is 35.2 Å². The molecule has 0 spiro atoms. The van der Waals surface area contributed by atoms with Gasteiger partial charge in [0.1, 0.15) is 6.61 Å². The maximum Gasteiger partial charge on any atom is 0.165 e. The average molecular weight is 260 g/mol. The van der Waals surface area contributed by atoms with E-state index in [0.717, 1.165) is 5.56 Å². The molecule has 0 fully saturated rings. The van der Waals surface area contributed by atoms with Gasteiger partial charge in [0.2, 0.25) is 0 Å². The van der Waals surface area contributed by atoms with Crippen LogP contribution in [0.2, 0.25) is 0 Å². The highest BCUT2D eigenvalue weighted by Crippen LogP contribution is 2.19. The Morgan fingerprint density at radius 2 is 2.29 bits per heavy atom. The Kier molecular flexibility index (Phi) is 4.10. The summed E-state index contributed by atoms with van der Waals surface area (Å²) in [6.07, 6.45) is 0. The molecule has 0 saturated carbocycles. The summed E-state index contributed by atoms with van der Waals surface area (Å²) in [6, 6.07) is 4.66. The fraction of sp³-hybridized carbons (Fsp3) is 0.200. The van der Waals surface area contributed by atoms with Gasteiger partial charge in [-0.2, -0.15) is 0 Å². The first-order chi connectivity index (χ1) is 6.63. The molecule has 14 heavy (non-hydrogen) atoms. The summed E-state index contributed by atoms with van der Waals surface area (Å²) in [7, 11) is 0. The van der Waals surface area contributed by atoms with Gasteiger partial charge in [0.25, 0.3) is 0 Å². The predicted molar refractivity (Wildman–Crippen MR) is 57.9 cm³/mol. The van der Waals surface area contributed by atoms with Crippen LogP contribution in [0.5, 0.6) is 5.75 Å². The van der Waals surface area contributed by atoms with Crippen LogP contribution in [0.4, 0.5) is 4.39 Å². The molecule has 0 unspecified atom stereocenters. The second kappa shape index (κ2) is 5.12. The third kappa shape index (κ3) is 3.12. The summed E-state index contributed by atoms with van der Waals surface area (Å²) in [6.45, 7) is 4.15. The second-order valence-corrected chi connectivity index (χ2v) is 3.90. The zero-order valence-corrected chi connectivity index (χ0v) is 9.18. The van der Waals surface area contributed by atoms with Crippen LogP contribution in [-0.2, 0) is 6.54 Å². The van der Waals surface area contributed by atoms with Gasteiger partial charge in [0.15, 0.2) is 11.6 Å². The first-order valence-electron chi connectivity index (χ1n) is 4.08. The van der Waals surface area contributed by atoms with E-state index in [1.807, 2.05) is 0 Å². The van der Waals surface area contributed by atoms with Crippen LogP contribution < -0.4 is 10.5 Å². The summed E-state index contributed by atoms with van der Waals surface area (Å²) in [5.41, 5.74) is 6.10. The van der Waals surface area contributed by atoms with Gasteiger partial charge in [-0.15, -0.1) is 0 Å². The molecule has 0 aliphatic carbocycles. The molecule has 0 aromatic heterocycles. The lowest BCUT2D eigenvalue weighted by Gasteiger charge is -2.06. The standard InChI is InChI=1S/C10H11BrFNO/c1-7(11)6-14-10-3-2-8(5-13)4-9(10)12/h2-4H,1,5-6,13H2. The summed E-state index contributed by atoms with van der Waals surface area (Å²) >= 11 is 3.12. The fourth-order valence-electron chi connectivity index (χ4n) is 0.944. The van der Waals surface area contributed by atoms with Crippen LogP contribution >= 0.6 is 15.9 Å². The average Bonchev–Trinajstić information content (AvgIpc) is 2.15. The van der Waals surface area contributed by atoms with E-state index in [4.69, 9.17) is 10.5 Å². The van der Waals surface area contributed by atoms with Gasteiger partial charge in [-0.25, -0.2) is 4.39 Å². The van der Waals surface area contributed by atoms with Crippen molar-refractivity contribution in [1.29, 1.82) is 0 Å². The molecule has 1 aromatic rings. The minimum Gasteiger partial charge on any atom is -0.485 e. The number of halogens is 2. The Morgan fingerprint density at radius 1 is 1.57 bits per heavy atom. The largest absolute Gasteiger partial charge is 0.485 e. The molecule has 4 heteroatoms. The number of ether oxygens (including phenoxy) is 1. The van der Waals surface area contributed by atoms with Gasteiger partial charge < -0.3 is 10.5 Å². The van der Waals surface area contributed by atoms with E-state index in [-0.39, 0.29) is 12.4 Å². The van der Waals surface area contributed by atoms with Crippen LogP contribution in [-0.4, -0.2) is 6.61 Å². The van der Waals surface area contributed by atoms with Gasteiger partial charge in [0, 0.05) is 11.0 Å². The quantitative estimate of drug-likeness (QED) is 0.902. The van der Waals surface area contributed by atoms with Crippen molar-refractivity contribution in [3.05, 3.63) is 40.6 Å². The molecule has 1 aromatic carbocycles. The monoisotopic (exact) mass is 259 g/mol. The highest BCUT2D eigenvalue weighted by molar-refractivity contribution is 9.11. The van der Waals surface area contributed by atoms with Crippen molar-refractivity contribution < 1.29 is 9.13 Å². The van der Waals surface area contributed by atoms with Crippen molar-refractivity contribution in [2.75, 3.05) is 6.61 Å². The van der Waals surface area contributed by atoms with E-state index in [1.54, 1.807) is 12.1 Å². The Hall–Kier alpha value is -0.870. The second-order valence-electron chi connectivity index (χ2n) is 2.77. The van der Waals surface area contributed by atoms with Crippen LogP contribution in [0, 0.1) is 5.82 Å². The van der Waals surface area contributed by atoms with Crippen molar-refractivity contribution >= 4 is 15.9 Å². The van der Waals surface area contributed by atoms with Crippen LogP contribution in [0.1, 0.15) is 5.56 Å². The van der Waals surface area contributed by atoms with Gasteiger partial charge in [-0.1, -0.05) is 28.6 Å². The zero-order chi connectivity index (χ0) is 10.6. The Balaban J connectivity index is 2.73. The van der Waals surface area contributed by atoms with Crippen LogP contribution in [0.3, 0.4) is 0 Å². The van der Waals surface area contributed by atoms with Crippen LogP contribution in [0.25, 0.3) is 0 Å². The SMILES string of the molecule is C=C(Br)COc1ccc(CN)cc1F. The third-order valence-electron chi connectivity index (χ3n) is 1.62. The molecule has 0 atom stereocenters. The molecule has 2 nitrogen and oxygen atoms in total. The first-order valence-corrected chi connectivity index (χ1v) is 4.87. The van der Waals surface area contributed by atoms with E-state index in [1.165, 1.54) is 6.07 Å². The maximum atomic E-state index is 13.3. The minimum atomic E-state index is -0.401. The lowest BCUT2D eigenvalue weighted by atomic mass is 10.2. The summed E-state index contributed by atoms with van der Waals surface area (Å²) in [5.74, 6) is -0.190. The lowest BCUT2D eigenvalue weighted by Crippen LogP contribution is -2.01. The molecule has 0 radical (unpaired) electrons. The van der Waals surface area contributed by atoms with Crippen molar-refractivity contribution in [1.82, 2.24) is 0 Å². The number of rotatable bonds is 4. The van der Waals surface area contributed by atoms with E-state index in [0.29, 0.717) is 11.0 Å². The van der Waals surface area contributed by atoms with Crippen LogP contribution in [0.15, 0.2) is 29.3 Å². The normalized spacial score (nSPS) is 9.93.